The van der Waals surface area contributed by atoms with Gasteiger partial charge in [-0.15, -0.1) is 11.3 Å². The van der Waals surface area contributed by atoms with Gasteiger partial charge in [0.15, 0.2) is 10.9 Å². The number of nitrogens with one attached hydrogen (secondary N) is 1. The molecule has 3 aromatic heterocycles. The van der Waals surface area contributed by atoms with Gasteiger partial charge in [0.1, 0.15) is 0 Å². The van der Waals surface area contributed by atoms with E-state index in [1.165, 1.54) is 6.26 Å². The number of rotatable bonds is 4. The highest BCUT2D eigenvalue weighted by atomic mass is 32.1. The molecule has 0 bridgehead atoms. The maximum Gasteiger partial charge on any atom is 0.307 e. The van der Waals surface area contributed by atoms with Crippen LogP contribution < -0.4 is 5.43 Å². The van der Waals surface area contributed by atoms with Gasteiger partial charge in [-0.2, -0.15) is 5.10 Å². The maximum absolute atomic E-state index is 11.7. The van der Waals surface area contributed by atoms with Gasteiger partial charge in [0.05, 0.1) is 12.5 Å². The molecule has 0 saturated carbocycles. The van der Waals surface area contributed by atoms with Crippen LogP contribution in [0, 0.1) is 13.8 Å². The first-order valence-electron chi connectivity index (χ1n) is 6.62. The summed E-state index contributed by atoms with van der Waals surface area (Å²) in [5.74, 6) is -0.152. The van der Waals surface area contributed by atoms with Gasteiger partial charge in [-0.05, 0) is 32.0 Å². The summed E-state index contributed by atoms with van der Waals surface area (Å²) in [4.78, 5) is 16.0. The number of aryl methyl sites for hydroxylation is 1. The molecular formula is C15H14N4O2S. The molecule has 0 spiro atoms. The zero-order valence-electron chi connectivity index (χ0n) is 12.1. The van der Waals surface area contributed by atoms with Crippen molar-refractivity contribution in [3.8, 4) is 5.13 Å². The van der Waals surface area contributed by atoms with E-state index in [9.17, 15) is 4.79 Å². The number of aromatic nitrogens is 2. The first-order chi connectivity index (χ1) is 10.7. The Bertz CT molecular complexity index is 801. The van der Waals surface area contributed by atoms with Crippen LogP contribution in [0.25, 0.3) is 5.13 Å². The first kappa shape index (κ1) is 14.3. The Hall–Kier alpha value is -2.67. The lowest BCUT2D eigenvalue weighted by atomic mass is 10.3. The van der Waals surface area contributed by atoms with Crippen LogP contribution in [0.1, 0.15) is 27.5 Å². The molecular weight excluding hydrogens is 300 g/mol. The molecule has 0 radical (unpaired) electrons. The van der Waals surface area contributed by atoms with E-state index < -0.39 is 0 Å². The van der Waals surface area contributed by atoms with E-state index in [1.807, 2.05) is 25.3 Å². The summed E-state index contributed by atoms with van der Waals surface area (Å²) in [5, 5.41) is 6.83. The molecule has 0 aromatic carbocycles. The van der Waals surface area contributed by atoms with Crippen LogP contribution >= 0.6 is 11.3 Å². The third kappa shape index (κ3) is 2.71. The van der Waals surface area contributed by atoms with Crippen molar-refractivity contribution in [2.24, 2.45) is 5.10 Å². The van der Waals surface area contributed by atoms with Gasteiger partial charge in [0, 0.05) is 28.5 Å². The molecule has 6 nitrogen and oxygen atoms in total. The average Bonchev–Trinajstić information content (AvgIpc) is 3.22. The minimum absolute atomic E-state index is 0.227. The molecule has 3 heterocycles. The molecule has 7 heteroatoms. The predicted octanol–water partition coefficient (Wildman–Crippen LogP) is 2.91. The predicted molar refractivity (Wildman–Crippen MR) is 84.7 cm³/mol. The number of amides is 1. The summed E-state index contributed by atoms with van der Waals surface area (Å²) in [6.45, 7) is 4.00. The van der Waals surface area contributed by atoms with Crippen molar-refractivity contribution in [2.75, 3.05) is 0 Å². The molecule has 0 aliphatic rings. The van der Waals surface area contributed by atoms with E-state index in [4.69, 9.17) is 4.42 Å². The standard InChI is InChI=1S/C15H14N4O2S/c1-10-8-12(11(2)19(10)15-16-5-7-22-15)9-17-18-14(20)13-4-3-6-21-13/h3-9H,1-2H3,(H,18,20)/b17-9-. The molecule has 0 aliphatic heterocycles. The molecule has 0 saturated heterocycles. The van der Waals surface area contributed by atoms with Gasteiger partial charge >= 0.3 is 5.91 Å². The van der Waals surface area contributed by atoms with Gasteiger partial charge in [0.2, 0.25) is 0 Å². The van der Waals surface area contributed by atoms with E-state index in [0.29, 0.717) is 0 Å². The normalized spacial score (nSPS) is 11.2. The van der Waals surface area contributed by atoms with Gasteiger partial charge in [-0.3, -0.25) is 9.36 Å². The lowest BCUT2D eigenvalue weighted by molar-refractivity contribution is 0.0927. The number of hydrazone groups is 1. The highest BCUT2D eigenvalue weighted by Crippen LogP contribution is 2.21. The summed E-state index contributed by atoms with van der Waals surface area (Å²) in [6, 6.07) is 5.23. The fourth-order valence-corrected chi connectivity index (χ4v) is 2.91. The summed E-state index contributed by atoms with van der Waals surface area (Å²) in [7, 11) is 0. The number of hydrogen-bond acceptors (Lipinski definition) is 5. The van der Waals surface area contributed by atoms with E-state index in [1.54, 1.807) is 35.9 Å². The third-order valence-corrected chi connectivity index (χ3v) is 3.95. The minimum Gasteiger partial charge on any atom is -0.459 e. The van der Waals surface area contributed by atoms with Crippen LogP contribution in [-0.2, 0) is 0 Å². The molecule has 1 amide bonds. The first-order valence-corrected chi connectivity index (χ1v) is 7.50. The van der Waals surface area contributed by atoms with Crippen molar-refractivity contribution in [2.45, 2.75) is 13.8 Å². The molecule has 112 valence electrons. The Balaban J connectivity index is 1.77. The number of carbonyl (C=O) groups excluding carboxylic acids is 1. The van der Waals surface area contributed by atoms with Gasteiger partial charge in [0.25, 0.3) is 0 Å². The van der Waals surface area contributed by atoms with Crippen LogP contribution in [0.4, 0.5) is 0 Å². The molecule has 0 aliphatic carbocycles. The highest BCUT2D eigenvalue weighted by molar-refractivity contribution is 7.12. The van der Waals surface area contributed by atoms with Gasteiger partial charge in [-0.25, -0.2) is 10.4 Å². The lowest BCUT2D eigenvalue weighted by Gasteiger charge is -2.04. The molecule has 1 N–H and O–H groups in total. The Kier molecular flexibility index (Phi) is 3.88. The van der Waals surface area contributed by atoms with Crippen molar-refractivity contribution < 1.29 is 9.21 Å². The summed E-state index contributed by atoms with van der Waals surface area (Å²) in [6.07, 6.45) is 4.84. The molecule has 22 heavy (non-hydrogen) atoms. The Morgan fingerprint density at radius 1 is 1.50 bits per heavy atom. The second-order valence-corrected chi connectivity index (χ2v) is 5.53. The quantitative estimate of drug-likeness (QED) is 0.594. The van der Waals surface area contributed by atoms with Crippen molar-refractivity contribution in [3.05, 3.63) is 58.8 Å². The Labute approximate surface area is 131 Å². The van der Waals surface area contributed by atoms with E-state index in [0.717, 1.165) is 22.1 Å². The van der Waals surface area contributed by atoms with E-state index in [-0.39, 0.29) is 11.7 Å². The van der Waals surface area contributed by atoms with Crippen molar-refractivity contribution in [3.63, 3.8) is 0 Å². The van der Waals surface area contributed by atoms with Crippen molar-refractivity contribution >= 4 is 23.5 Å². The Morgan fingerprint density at radius 3 is 3.05 bits per heavy atom. The summed E-state index contributed by atoms with van der Waals surface area (Å²) >= 11 is 1.57. The van der Waals surface area contributed by atoms with Crippen LogP contribution in [0.3, 0.4) is 0 Å². The van der Waals surface area contributed by atoms with E-state index in [2.05, 4.69) is 20.1 Å². The SMILES string of the molecule is Cc1cc(/C=N\NC(=O)c2ccco2)c(C)n1-c1nccs1. The van der Waals surface area contributed by atoms with Gasteiger partial charge < -0.3 is 4.42 Å². The van der Waals surface area contributed by atoms with Crippen LogP contribution in [0.2, 0.25) is 0 Å². The molecule has 3 rings (SSSR count). The zero-order chi connectivity index (χ0) is 15.5. The molecule has 0 unspecified atom stereocenters. The highest BCUT2D eigenvalue weighted by Gasteiger charge is 2.11. The van der Waals surface area contributed by atoms with E-state index >= 15 is 0 Å². The van der Waals surface area contributed by atoms with Crippen LogP contribution in [-0.4, -0.2) is 21.7 Å². The second-order valence-electron chi connectivity index (χ2n) is 4.65. The maximum atomic E-state index is 11.7. The molecule has 3 aromatic rings. The smallest absolute Gasteiger partial charge is 0.307 e. The third-order valence-electron chi connectivity index (χ3n) is 3.20. The number of hydrogen-bond donors (Lipinski definition) is 1. The van der Waals surface area contributed by atoms with Crippen LogP contribution in [0.5, 0.6) is 0 Å². The molecule has 0 fully saturated rings. The van der Waals surface area contributed by atoms with Crippen molar-refractivity contribution in [1.29, 1.82) is 0 Å². The summed E-state index contributed by atoms with van der Waals surface area (Å²) in [5.41, 5.74) is 5.44. The fraction of sp³-hybridized carbons (Fsp3) is 0.133. The molecule has 0 atom stereocenters. The number of thiazole rings is 1. The topological polar surface area (TPSA) is 72.4 Å². The lowest BCUT2D eigenvalue weighted by Crippen LogP contribution is -2.16. The van der Waals surface area contributed by atoms with Crippen LogP contribution in [0.15, 0.2) is 45.6 Å². The summed E-state index contributed by atoms with van der Waals surface area (Å²) < 4.78 is 7.05. The number of furan rings is 1. The minimum atomic E-state index is -0.380. The number of nitrogens with zero attached hydrogens (tertiary/aromatic N) is 3. The number of carbonyl (C=O) groups is 1. The van der Waals surface area contributed by atoms with Gasteiger partial charge in [-0.1, -0.05) is 0 Å². The zero-order valence-corrected chi connectivity index (χ0v) is 12.9. The largest absolute Gasteiger partial charge is 0.459 e. The average molecular weight is 314 g/mol. The fourth-order valence-electron chi connectivity index (χ4n) is 2.16. The second kappa shape index (κ2) is 5.98. The monoisotopic (exact) mass is 314 g/mol. The Morgan fingerprint density at radius 2 is 2.36 bits per heavy atom. The van der Waals surface area contributed by atoms with Crippen molar-refractivity contribution in [1.82, 2.24) is 15.0 Å².